The predicted molar refractivity (Wildman–Crippen MR) is 92.9 cm³/mol. The third kappa shape index (κ3) is 6.00. The Hall–Kier alpha value is -2.73. The largest absolute Gasteiger partial charge is 0.490 e. The van der Waals surface area contributed by atoms with Gasteiger partial charge in [-0.15, -0.1) is 0 Å². The normalized spacial score (nSPS) is 10.0. The van der Waals surface area contributed by atoms with Crippen LogP contribution < -0.4 is 10.1 Å². The van der Waals surface area contributed by atoms with Crippen LogP contribution in [0.1, 0.15) is 15.9 Å². The molecule has 2 aromatic rings. The molecule has 25 heavy (non-hydrogen) atoms. The van der Waals surface area contributed by atoms with Gasteiger partial charge < -0.3 is 19.5 Å². The molecule has 0 saturated heterocycles. The van der Waals surface area contributed by atoms with Crippen molar-refractivity contribution in [1.29, 1.82) is 0 Å². The van der Waals surface area contributed by atoms with Crippen LogP contribution in [0.2, 0.25) is 5.02 Å². The summed E-state index contributed by atoms with van der Waals surface area (Å²) < 4.78 is 15.2. The highest BCUT2D eigenvalue weighted by Gasteiger charge is 2.09. The summed E-state index contributed by atoms with van der Waals surface area (Å²) >= 11 is 6.04. The van der Waals surface area contributed by atoms with Gasteiger partial charge in [-0.05, 0) is 23.8 Å². The molecular weight excluding hydrogens is 346 g/mol. The number of carbonyl (C=O) groups is 2. The molecule has 0 spiro atoms. The van der Waals surface area contributed by atoms with Gasteiger partial charge >= 0.3 is 12.1 Å². The highest BCUT2D eigenvalue weighted by atomic mass is 35.5. The van der Waals surface area contributed by atoms with Gasteiger partial charge in [-0.25, -0.2) is 9.59 Å². The summed E-state index contributed by atoms with van der Waals surface area (Å²) in [7, 11) is 1.29. The Kier molecular flexibility index (Phi) is 7.10. The second-order valence-corrected chi connectivity index (χ2v) is 5.38. The van der Waals surface area contributed by atoms with Crippen molar-refractivity contribution >= 4 is 23.7 Å². The molecule has 7 heteroatoms. The Morgan fingerprint density at radius 2 is 1.88 bits per heavy atom. The number of methoxy groups -OCH3 is 1. The Morgan fingerprint density at radius 3 is 2.56 bits per heavy atom. The van der Waals surface area contributed by atoms with Gasteiger partial charge in [0.2, 0.25) is 0 Å². The van der Waals surface area contributed by atoms with Crippen LogP contribution in [0.5, 0.6) is 5.75 Å². The van der Waals surface area contributed by atoms with Crippen LogP contribution >= 0.6 is 11.6 Å². The van der Waals surface area contributed by atoms with Crippen LogP contribution in [0.25, 0.3) is 0 Å². The first-order chi connectivity index (χ1) is 12.1. The number of rotatable bonds is 7. The number of hydrogen-bond acceptors (Lipinski definition) is 5. The van der Waals surface area contributed by atoms with Crippen LogP contribution in [-0.4, -0.2) is 32.3 Å². The van der Waals surface area contributed by atoms with Crippen molar-refractivity contribution in [1.82, 2.24) is 5.32 Å². The van der Waals surface area contributed by atoms with Gasteiger partial charge in [0.15, 0.2) is 0 Å². The first-order valence-corrected chi connectivity index (χ1v) is 7.93. The lowest BCUT2D eigenvalue weighted by atomic mass is 10.2. The number of esters is 1. The van der Waals surface area contributed by atoms with E-state index in [1.54, 1.807) is 12.1 Å². The van der Waals surface area contributed by atoms with E-state index in [2.05, 4.69) is 10.1 Å². The van der Waals surface area contributed by atoms with Crippen molar-refractivity contribution in [3.05, 3.63) is 64.7 Å². The number of alkyl carbamates (subject to hydrolysis) is 1. The second kappa shape index (κ2) is 9.54. The molecule has 2 aromatic carbocycles. The van der Waals surface area contributed by atoms with E-state index in [4.69, 9.17) is 21.1 Å². The van der Waals surface area contributed by atoms with Crippen LogP contribution in [0.15, 0.2) is 48.5 Å². The van der Waals surface area contributed by atoms with Crippen molar-refractivity contribution < 1.29 is 23.8 Å². The topological polar surface area (TPSA) is 73.9 Å². The molecule has 6 nitrogen and oxygen atoms in total. The summed E-state index contributed by atoms with van der Waals surface area (Å²) in [4.78, 5) is 23.0. The lowest BCUT2D eigenvalue weighted by Crippen LogP contribution is -2.28. The quantitative estimate of drug-likeness (QED) is 0.602. The first-order valence-electron chi connectivity index (χ1n) is 7.55. The molecule has 0 bridgehead atoms. The molecule has 0 fully saturated rings. The smallest absolute Gasteiger partial charge is 0.407 e. The van der Waals surface area contributed by atoms with Gasteiger partial charge in [-0.2, -0.15) is 0 Å². The van der Waals surface area contributed by atoms with Crippen LogP contribution in [0, 0.1) is 0 Å². The van der Waals surface area contributed by atoms with Gasteiger partial charge in [-0.1, -0.05) is 41.9 Å². The maximum absolute atomic E-state index is 11.6. The summed E-state index contributed by atoms with van der Waals surface area (Å²) in [5.41, 5.74) is 1.24. The molecule has 0 aromatic heterocycles. The van der Waals surface area contributed by atoms with Gasteiger partial charge in [-0.3, -0.25) is 0 Å². The number of halogens is 1. The Labute approximate surface area is 150 Å². The minimum absolute atomic E-state index is 0.203. The maximum atomic E-state index is 11.6. The lowest BCUT2D eigenvalue weighted by Gasteiger charge is -2.10. The van der Waals surface area contributed by atoms with Gasteiger partial charge in [0.1, 0.15) is 19.0 Å². The van der Waals surface area contributed by atoms with Crippen molar-refractivity contribution in [3.8, 4) is 5.75 Å². The van der Waals surface area contributed by atoms with E-state index in [0.29, 0.717) is 11.3 Å². The fourth-order valence-electron chi connectivity index (χ4n) is 1.95. The highest BCUT2D eigenvalue weighted by Crippen LogP contribution is 2.25. The molecule has 0 aliphatic heterocycles. The summed E-state index contributed by atoms with van der Waals surface area (Å²) in [5.74, 6) is -0.0648. The van der Waals surface area contributed by atoms with Gasteiger partial charge in [0, 0.05) is 0 Å². The van der Waals surface area contributed by atoms with Crippen LogP contribution in [0.3, 0.4) is 0 Å². The van der Waals surface area contributed by atoms with E-state index >= 15 is 0 Å². The molecule has 1 N–H and O–H groups in total. The molecular formula is C18H18ClNO5. The Morgan fingerprint density at radius 1 is 1.12 bits per heavy atom. The fourth-order valence-corrected chi connectivity index (χ4v) is 2.19. The lowest BCUT2D eigenvalue weighted by molar-refractivity contribution is 0.0600. The molecule has 132 valence electrons. The standard InChI is InChI=1S/C18H18ClNO5/c1-23-17(21)14-7-8-16(15(19)11-14)24-10-9-20-18(22)25-12-13-5-3-2-4-6-13/h2-8,11H,9-10,12H2,1H3,(H,20,22). The van der Waals surface area contributed by atoms with Crippen LogP contribution in [-0.2, 0) is 16.1 Å². The van der Waals surface area contributed by atoms with Gasteiger partial charge in [0.25, 0.3) is 0 Å². The zero-order valence-corrected chi connectivity index (χ0v) is 14.4. The van der Waals surface area contributed by atoms with E-state index in [-0.39, 0.29) is 24.8 Å². The van der Waals surface area contributed by atoms with E-state index in [0.717, 1.165) is 5.56 Å². The molecule has 0 saturated carbocycles. The molecule has 0 aliphatic rings. The maximum Gasteiger partial charge on any atom is 0.407 e. The molecule has 0 atom stereocenters. The summed E-state index contributed by atoms with van der Waals surface area (Å²) in [6, 6.07) is 14.0. The van der Waals surface area contributed by atoms with E-state index < -0.39 is 12.1 Å². The average Bonchev–Trinajstić information content (AvgIpc) is 2.64. The van der Waals surface area contributed by atoms with Crippen LogP contribution in [0.4, 0.5) is 4.79 Å². The van der Waals surface area contributed by atoms with Crippen molar-refractivity contribution in [3.63, 3.8) is 0 Å². The molecule has 1 amide bonds. The zero-order chi connectivity index (χ0) is 18.1. The number of carbonyl (C=O) groups excluding carboxylic acids is 2. The molecule has 2 rings (SSSR count). The molecule has 0 aliphatic carbocycles. The predicted octanol–water partition coefficient (Wildman–Crippen LogP) is 3.43. The number of benzene rings is 2. The second-order valence-electron chi connectivity index (χ2n) is 4.97. The SMILES string of the molecule is COC(=O)c1ccc(OCCNC(=O)OCc2ccccc2)c(Cl)c1. The fraction of sp³-hybridized carbons (Fsp3) is 0.222. The van der Waals surface area contributed by atoms with E-state index in [1.807, 2.05) is 30.3 Å². The monoisotopic (exact) mass is 363 g/mol. The van der Waals surface area contributed by atoms with E-state index in [1.165, 1.54) is 13.2 Å². The first kappa shape index (κ1) is 18.6. The van der Waals surface area contributed by atoms with Crippen molar-refractivity contribution in [2.45, 2.75) is 6.61 Å². The van der Waals surface area contributed by atoms with E-state index in [9.17, 15) is 9.59 Å². The summed E-state index contributed by atoms with van der Waals surface area (Å²) in [6.45, 7) is 0.661. The third-order valence-electron chi connectivity index (χ3n) is 3.19. The summed E-state index contributed by atoms with van der Waals surface area (Å²) in [6.07, 6.45) is -0.528. The Bertz CT molecular complexity index is 721. The number of ether oxygens (including phenoxy) is 3. The average molecular weight is 364 g/mol. The number of hydrogen-bond donors (Lipinski definition) is 1. The Balaban J connectivity index is 1.70. The van der Waals surface area contributed by atoms with Gasteiger partial charge in [0.05, 0.1) is 24.2 Å². The minimum Gasteiger partial charge on any atom is -0.490 e. The number of nitrogens with one attached hydrogen (secondary N) is 1. The highest BCUT2D eigenvalue weighted by molar-refractivity contribution is 6.32. The third-order valence-corrected chi connectivity index (χ3v) is 3.49. The molecule has 0 unspecified atom stereocenters. The zero-order valence-electron chi connectivity index (χ0n) is 13.7. The van der Waals surface area contributed by atoms with Crippen molar-refractivity contribution in [2.75, 3.05) is 20.3 Å². The number of amides is 1. The molecule has 0 radical (unpaired) electrons. The molecule has 0 heterocycles. The van der Waals surface area contributed by atoms with Crippen molar-refractivity contribution in [2.24, 2.45) is 0 Å². The minimum atomic E-state index is -0.528. The summed E-state index contributed by atoms with van der Waals surface area (Å²) in [5, 5.41) is 2.86.